The molecule has 0 N–H and O–H groups in total. The minimum Gasteiger partial charge on any atom is -0.497 e. The third kappa shape index (κ3) is 3.65. The van der Waals surface area contributed by atoms with Crippen molar-refractivity contribution in [3.05, 3.63) is 71.6 Å². The zero-order chi connectivity index (χ0) is 20.5. The zero-order valence-electron chi connectivity index (χ0n) is 16.1. The van der Waals surface area contributed by atoms with Crippen molar-refractivity contribution in [2.45, 2.75) is 13.1 Å². The largest absolute Gasteiger partial charge is 0.497 e. The van der Waals surface area contributed by atoms with E-state index in [2.05, 4.69) is 5.10 Å². The monoisotopic (exact) mass is 398 g/mol. The van der Waals surface area contributed by atoms with Crippen molar-refractivity contribution in [1.82, 2.24) is 9.78 Å². The number of aromatic nitrogens is 2. The number of ether oxygens (including phenoxy) is 1. The Balaban J connectivity index is 1.54. The van der Waals surface area contributed by atoms with Crippen LogP contribution in [-0.4, -0.2) is 36.4 Å². The number of carbonyl (C=O) groups excluding carboxylic acids is 1. The molecule has 1 amide bonds. The van der Waals surface area contributed by atoms with E-state index in [-0.39, 0.29) is 12.2 Å². The number of hydrogen-bond donors (Lipinski definition) is 0. The molecule has 0 saturated heterocycles. The first-order valence-corrected chi connectivity index (χ1v) is 9.15. The van der Waals surface area contributed by atoms with E-state index in [1.165, 1.54) is 4.90 Å². The highest BCUT2D eigenvalue weighted by atomic mass is 19.1. The highest BCUT2D eigenvalue weighted by Gasteiger charge is 2.29. The highest BCUT2D eigenvalue weighted by molar-refractivity contribution is 6.05. The van der Waals surface area contributed by atoms with Gasteiger partial charge in [-0.15, -0.1) is 0 Å². The van der Waals surface area contributed by atoms with Gasteiger partial charge >= 0.3 is 0 Å². The standard InChI is InChI=1S/C21H20F2N4O2/c1-25(16-4-6-17(29-2)7-5-16)13-15-12-20-21(28)26(9-10-27(20)24-15)19-11-14(22)3-8-18(19)23/h3-8,11-12H,9-10,13H2,1-2H3. The van der Waals surface area contributed by atoms with Crippen molar-refractivity contribution < 1.29 is 18.3 Å². The van der Waals surface area contributed by atoms with Crippen LogP contribution in [0.5, 0.6) is 5.75 Å². The Hall–Kier alpha value is -3.42. The third-order valence-electron chi connectivity index (χ3n) is 4.94. The molecule has 1 aliphatic heterocycles. The van der Waals surface area contributed by atoms with Gasteiger partial charge in [0.1, 0.15) is 23.1 Å². The number of rotatable bonds is 5. The summed E-state index contributed by atoms with van der Waals surface area (Å²) in [5, 5.41) is 4.50. The molecular weight excluding hydrogens is 378 g/mol. The number of halogens is 2. The fourth-order valence-electron chi connectivity index (χ4n) is 3.42. The maximum Gasteiger partial charge on any atom is 0.276 e. The van der Waals surface area contributed by atoms with Gasteiger partial charge in [-0.3, -0.25) is 9.48 Å². The lowest BCUT2D eigenvalue weighted by Gasteiger charge is -2.27. The van der Waals surface area contributed by atoms with Crippen LogP contribution < -0.4 is 14.5 Å². The summed E-state index contributed by atoms with van der Waals surface area (Å²) in [5.74, 6) is -0.844. The lowest BCUT2D eigenvalue weighted by atomic mass is 10.2. The minimum absolute atomic E-state index is 0.0562. The molecule has 150 valence electrons. The summed E-state index contributed by atoms with van der Waals surface area (Å²) in [6, 6.07) is 12.4. The second-order valence-electron chi connectivity index (χ2n) is 6.85. The van der Waals surface area contributed by atoms with E-state index in [1.54, 1.807) is 17.9 Å². The number of nitrogens with zero attached hydrogens (tertiary/aromatic N) is 4. The number of carbonyl (C=O) groups is 1. The van der Waals surface area contributed by atoms with Crippen LogP contribution in [0.15, 0.2) is 48.5 Å². The van der Waals surface area contributed by atoms with Crippen LogP contribution in [0.25, 0.3) is 0 Å². The molecule has 8 heteroatoms. The van der Waals surface area contributed by atoms with E-state index >= 15 is 0 Å². The smallest absolute Gasteiger partial charge is 0.276 e. The SMILES string of the molecule is COc1ccc(N(C)Cc2cc3n(n2)CCN(c2cc(F)ccc2F)C3=O)cc1. The quantitative estimate of drug-likeness (QED) is 0.661. The highest BCUT2D eigenvalue weighted by Crippen LogP contribution is 2.26. The molecular formula is C21H20F2N4O2. The lowest BCUT2D eigenvalue weighted by molar-refractivity contribution is 0.0961. The predicted octanol–water partition coefficient (Wildman–Crippen LogP) is 3.47. The van der Waals surface area contributed by atoms with Crippen LogP contribution in [0.4, 0.5) is 20.2 Å². The molecule has 3 aromatic rings. The predicted molar refractivity (Wildman–Crippen MR) is 105 cm³/mol. The van der Waals surface area contributed by atoms with Gasteiger partial charge in [-0.1, -0.05) is 0 Å². The van der Waals surface area contributed by atoms with Crippen molar-refractivity contribution >= 4 is 17.3 Å². The first-order chi connectivity index (χ1) is 14.0. The Kier molecular flexibility index (Phi) is 4.92. The van der Waals surface area contributed by atoms with Gasteiger partial charge < -0.3 is 14.5 Å². The lowest BCUT2D eigenvalue weighted by Crippen LogP contribution is -2.41. The van der Waals surface area contributed by atoms with Crippen LogP contribution in [-0.2, 0) is 13.1 Å². The van der Waals surface area contributed by atoms with Crippen molar-refractivity contribution in [2.75, 3.05) is 30.5 Å². The molecule has 4 rings (SSSR count). The number of methoxy groups -OCH3 is 1. The summed E-state index contributed by atoms with van der Waals surface area (Å²) in [6.07, 6.45) is 0. The Morgan fingerprint density at radius 2 is 1.86 bits per heavy atom. The summed E-state index contributed by atoms with van der Waals surface area (Å²) < 4.78 is 34.5. The molecule has 0 saturated carbocycles. The summed E-state index contributed by atoms with van der Waals surface area (Å²) in [4.78, 5) is 16.1. The van der Waals surface area contributed by atoms with Crippen LogP contribution >= 0.6 is 0 Å². The van der Waals surface area contributed by atoms with Gasteiger partial charge in [0.05, 0.1) is 31.6 Å². The van der Waals surface area contributed by atoms with Gasteiger partial charge in [-0.05, 0) is 42.5 Å². The van der Waals surface area contributed by atoms with Crippen LogP contribution in [0.1, 0.15) is 16.2 Å². The van der Waals surface area contributed by atoms with Crippen molar-refractivity contribution in [3.63, 3.8) is 0 Å². The van der Waals surface area contributed by atoms with E-state index in [9.17, 15) is 13.6 Å². The van der Waals surface area contributed by atoms with Gasteiger partial charge in [0.2, 0.25) is 0 Å². The fraction of sp³-hybridized carbons (Fsp3) is 0.238. The number of fused-ring (bicyclic) bond motifs is 1. The summed E-state index contributed by atoms with van der Waals surface area (Å²) in [5.41, 5.74) is 2.00. The van der Waals surface area contributed by atoms with E-state index in [0.29, 0.717) is 24.5 Å². The van der Waals surface area contributed by atoms with Gasteiger partial charge in [0, 0.05) is 25.3 Å². The second kappa shape index (κ2) is 7.54. The zero-order valence-corrected chi connectivity index (χ0v) is 16.1. The molecule has 0 fully saturated rings. The summed E-state index contributed by atoms with van der Waals surface area (Å²) in [6.45, 7) is 1.12. The van der Waals surface area contributed by atoms with Gasteiger partial charge in [-0.25, -0.2) is 8.78 Å². The molecule has 6 nitrogen and oxygen atoms in total. The first-order valence-electron chi connectivity index (χ1n) is 9.15. The van der Waals surface area contributed by atoms with Crippen LogP contribution in [0, 0.1) is 11.6 Å². The normalized spacial score (nSPS) is 13.4. The Morgan fingerprint density at radius 1 is 1.10 bits per heavy atom. The average molecular weight is 398 g/mol. The maximum atomic E-state index is 14.1. The van der Waals surface area contributed by atoms with E-state index in [0.717, 1.165) is 29.6 Å². The topological polar surface area (TPSA) is 50.6 Å². The van der Waals surface area contributed by atoms with E-state index in [4.69, 9.17) is 4.74 Å². The molecule has 29 heavy (non-hydrogen) atoms. The fourth-order valence-corrected chi connectivity index (χ4v) is 3.42. The minimum atomic E-state index is -0.632. The first kappa shape index (κ1) is 18.9. The number of hydrogen-bond acceptors (Lipinski definition) is 4. The molecule has 1 aromatic heterocycles. The molecule has 0 spiro atoms. The Bertz CT molecular complexity index is 1050. The third-order valence-corrected chi connectivity index (χ3v) is 4.94. The molecule has 0 bridgehead atoms. The Labute approximate surface area is 166 Å². The number of benzene rings is 2. The van der Waals surface area contributed by atoms with Crippen molar-refractivity contribution in [1.29, 1.82) is 0 Å². The summed E-state index contributed by atoms with van der Waals surface area (Å²) in [7, 11) is 3.54. The van der Waals surface area contributed by atoms with E-state index in [1.807, 2.05) is 36.2 Å². The van der Waals surface area contributed by atoms with Crippen LogP contribution in [0.2, 0.25) is 0 Å². The average Bonchev–Trinajstić information content (AvgIpc) is 3.14. The number of anilines is 2. The van der Waals surface area contributed by atoms with Gasteiger partial charge in [0.25, 0.3) is 5.91 Å². The Morgan fingerprint density at radius 3 is 2.59 bits per heavy atom. The van der Waals surface area contributed by atoms with Crippen molar-refractivity contribution in [3.8, 4) is 5.75 Å². The molecule has 0 aliphatic carbocycles. The van der Waals surface area contributed by atoms with Crippen LogP contribution in [0.3, 0.4) is 0 Å². The van der Waals surface area contributed by atoms with Gasteiger partial charge in [-0.2, -0.15) is 5.10 Å². The molecule has 2 heterocycles. The summed E-state index contributed by atoms with van der Waals surface area (Å²) >= 11 is 0. The molecule has 0 unspecified atom stereocenters. The number of amides is 1. The maximum absolute atomic E-state index is 14.1. The molecule has 1 aliphatic rings. The van der Waals surface area contributed by atoms with Gasteiger partial charge in [0.15, 0.2) is 0 Å². The molecule has 2 aromatic carbocycles. The second-order valence-corrected chi connectivity index (χ2v) is 6.85. The van der Waals surface area contributed by atoms with E-state index < -0.39 is 17.5 Å². The molecule has 0 radical (unpaired) electrons. The van der Waals surface area contributed by atoms with Crippen molar-refractivity contribution in [2.24, 2.45) is 0 Å². The molecule has 0 atom stereocenters.